The Hall–Kier alpha value is 0.01000. The number of rotatable bonds is 8. The molecule has 5 nitrogen and oxygen atoms in total. The van der Waals surface area contributed by atoms with Crippen molar-refractivity contribution in [3.8, 4) is 0 Å². The van der Waals surface area contributed by atoms with Gasteiger partial charge in [0.15, 0.2) is 0 Å². The SMILES string of the molecule is CCC1(O)C2CC3CC1CC(C2)C3COCC(F)(F)SOO[O-]. The van der Waals surface area contributed by atoms with Crippen molar-refractivity contribution >= 4 is 12.0 Å². The van der Waals surface area contributed by atoms with Crippen molar-refractivity contribution < 1.29 is 33.3 Å². The number of ether oxygens (including phenoxy) is 1. The van der Waals surface area contributed by atoms with E-state index in [4.69, 9.17) is 4.74 Å². The lowest BCUT2D eigenvalue weighted by molar-refractivity contribution is -0.777. The highest BCUT2D eigenvalue weighted by molar-refractivity contribution is 7.95. The van der Waals surface area contributed by atoms with Gasteiger partial charge in [-0.1, -0.05) is 6.92 Å². The standard InChI is InChI=1S/C15H24F2O5S/c1-2-14(18)11-3-9-4-12(14)6-10(5-11)13(9)7-20-8-15(16,17)23-22-21-19/h9-13,18-19H,2-8H2,1H3/p-1. The largest absolute Gasteiger partial charge is 0.691 e. The van der Waals surface area contributed by atoms with Crippen LogP contribution in [-0.4, -0.2) is 29.2 Å². The fraction of sp³-hybridized carbons (Fsp3) is 1.00. The Morgan fingerprint density at radius 3 is 2.26 bits per heavy atom. The number of halogens is 2. The molecule has 0 radical (unpaired) electrons. The van der Waals surface area contributed by atoms with Crippen LogP contribution in [0.3, 0.4) is 0 Å². The lowest BCUT2D eigenvalue weighted by atomic mass is 9.46. The zero-order valence-electron chi connectivity index (χ0n) is 13.1. The summed E-state index contributed by atoms with van der Waals surface area (Å²) >= 11 is -0.329. The van der Waals surface area contributed by atoms with Gasteiger partial charge < -0.3 is 15.1 Å². The average Bonchev–Trinajstić information content (AvgIpc) is 2.50. The van der Waals surface area contributed by atoms with E-state index in [0.717, 1.165) is 32.1 Å². The quantitative estimate of drug-likeness (QED) is 0.410. The third-order valence-corrected chi connectivity index (χ3v) is 6.79. The van der Waals surface area contributed by atoms with E-state index in [-0.39, 0.29) is 12.0 Å². The molecule has 0 atom stereocenters. The Labute approximate surface area is 138 Å². The summed E-state index contributed by atoms with van der Waals surface area (Å²) in [5.74, 6) is 1.93. The number of aliphatic hydroxyl groups is 1. The minimum absolute atomic E-state index is 0.293. The predicted octanol–water partition coefficient (Wildman–Crippen LogP) is 2.29. The molecule has 4 saturated carbocycles. The van der Waals surface area contributed by atoms with Gasteiger partial charge in [0.2, 0.25) is 0 Å². The molecule has 8 heteroatoms. The molecule has 0 amide bonds. The van der Waals surface area contributed by atoms with Gasteiger partial charge in [-0.25, -0.2) is 0 Å². The lowest BCUT2D eigenvalue weighted by Gasteiger charge is -2.61. The Bertz CT molecular complexity index is 393. The monoisotopic (exact) mass is 353 g/mol. The molecule has 0 aromatic heterocycles. The molecular weight excluding hydrogens is 330 g/mol. The highest BCUT2D eigenvalue weighted by Gasteiger charge is 2.58. The number of hydrogen-bond acceptors (Lipinski definition) is 6. The number of hydrogen-bond donors (Lipinski definition) is 1. The van der Waals surface area contributed by atoms with Gasteiger partial charge in [-0.2, -0.15) is 13.1 Å². The molecule has 4 aliphatic carbocycles. The van der Waals surface area contributed by atoms with E-state index in [1.54, 1.807) is 0 Å². The van der Waals surface area contributed by atoms with Crippen molar-refractivity contribution in [3.63, 3.8) is 0 Å². The summed E-state index contributed by atoms with van der Waals surface area (Å²) < 4.78 is 35.6. The Kier molecular flexibility index (Phi) is 5.21. The second-order valence-corrected chi connectivity index (χ2v) is 8.14. The molecule has 4 bridgehead atoms. The maximum atomic E-state index is 13.3. The van der Waals surface area contributed by atoms with Gasteiger partial charge in [-0.15, -0.1) is 0 Å². The molecule has 0 aliphatic heterocycles. The molecule has 4 rings (SSSR count). The minimum Gasteiger partial charge on any atom is -0.691 e. The van der Waals surface area contributed by atoms with Gasteiger partial charge in [-0.05, 0) is 61.7 Å². The van der Waals surface area contributed by atoms with Crippen LogP contribution in [0.5, 0.6) is 0 Å². The molecular formula is C15H23F2O5S-. The Morgan fingerprint density at radius 2 is 1.78 bits per heavy atom. The summed E-state index contributed by atoms with van der Waals surface area (Å²) in [7, 11) is 0. The molecule has 0 spiro atoms. The van der Waals surface area contributed by atoms with Crippen LogP contribution in [0, 0.1) is 29.6 Å². The van der Waals surface area contributed by atoms with E-state index in [2.05, 4.69) is 16.3 Å². The Morgan fingerprint density at radius 1 is 1.22 bits per heavy atom. The zero-order valence-corrected chi connectivity index (χ0v) is 13.9. The van der Waals surface area contributed by atoms with E-state index < -0.39 is 17.5 Å². The van der Waals surface area contributed by atoms with Crippen LogP contribution in [-0.2, 0) is 14.1 Å². The van der Waals surface area contributed by atoms with Crippen molar-refractivity contribution in [1.82, 2.24) is 0 Å². The smallest absolute Gasteiger partial charge is 0.343 e. The van der Waals surface area contributed by atoms with E-state index >= 15 is 0 Å². The van der Waals surface area contributed by atoms with E-state index in [1.165, 1.54) is 0 Å². The molecule has 23 heavy (non-hydrogen) atoms. The molecule has 0 saturated heterocycles. The fourth-order valence-corrected chi connectivity index (χ4v) is 5.59. The first-order valence-electron chi connectivity index (χ1n) is 8.22. The predicted molar refractivity (Wildman–Crippen MR) is 76.7 cm³/mol. The lowest BCUT2D eigenvalue weighted by Crippen LogP contribution is -2.60. The van der Waals surface area contributed by atoms with Crippen LogP contribution < -0.4 is 5.26 Å². The van der Waals surface area contributed by atoms with Gasteiger partial charge >= 0.3 is 5.25 Å². The highest BCUT2D eigenvalue weighted by Crippen LogP contribution is 2.61. The van der Waals surface area contributed by atoms with Crippen LogP contribution in [0.25, 0.3) is 0 Å². The third kappa shape index (κ3) is 3.39. The Balaban J connectivity index is 1.51. The normalized spacial score (nSPS) is 42.4. The van der Waals surface area contributed by atoms with Crippen molar-refractivity contribution in [2.24, 2.45) is 29.6 Å². The van der Waals surface area contributed by atoms with Gasteiger partial charge in [0.25, 0.3) is 0 Å². The molecule has 1 N–H and O–H groups in total. The van der Waals surface area contributed by atoms with Crippen molar-refractivity contribution in [1.29, 1.82) is 0 Å². The van der Waals surface area contributed by atoms with Crippen molar-refractivity contribution in [2.45, 2.75) is 49.9 Å². The highest BCUT2D eigenvalue weighted by atomic mass is 32.2. The molecule has 0 aromatic rings. The summed E-state index contributed by atoms with van der Waals surface area (Å²) in [5, 5.41) is 20.1. The second kappa shape index (κ2) is 6.72. The first-order valence-corrected chi connectivity index (χ1v) is 8.96. The maximum Gasteiger partial charge on any atom is 0.343 e. The van der Waals surface area contributed by atoms with Gasteiger partial charge in [0, 0.05) is 0 Å². The second-order valence-electron chi connectivity index (χ2n) is 7.24. The van der Waals surface area contributed by atoms with Crippen LogP contribution >= 0.6 is 12.0 Å². The summed E-state index contributed by atoms with van der Waals surface area (Å²) in [5.41, 5.74) is -0.516. The molecule has 0 heterocycles. The van der Waals surface area contributed by atoms with Crippen molar-refractivity contribution in [2.75, 3.05) is 13.2 Å². The first kappa shape index (κ1) is 17.8. The molecule has 4 fully saturated rings. The summed E-state index contributed by atoms with van der Waals surface area (Å²) in [6, 6.07) is 0. The molecule has 0 unspecified atom stereocenters. The maximum absolute atomic E-state index is 13.3. The first-order chi connectivity index (χ1) is 10.9. The molecule has 134 valence electrons. The van der Waals surface area contributed by atoms with Gasteiger partial charge in [0.05, 0.1) is 12.2 Å². The minimum atomic E-state index is -3.31. The number of alkyl halides is 2. The third-order valence-electron chi connectivity index (χ3n) is 6.30. The zero-order chi connectivity index (χ0) is 16.7. The summed E-state index contributed by atoms with van der Waals surface area (Å²) in [4.78, 5) is 0. The van der Waals surface area contributed by atoms with E-state index in [0.29, 0.717) is 36.2 Å². The average molecular weight is 353 g/mol. The molecule has 4 aliphatic rings. The fourth-order valence-electron chi connectivity index (χ4n) is 5.33. The van der Waals surface area contributed by atoms with Crippen LogP contribution in [0.1, 0.15) is 39.0 Å². The van der Waals surface area contributed by atoms with E-state index in [1.807, 2.05) is 0 Å². The van der Waals surface area contributed by atoms with Gasteiger partial charge in [-0.3, -0.25) is 5.04 Å². The van der Waals surface area contributed by atoms with Crippen LogP contribution in [0.15, 0.2) is 0 Å². The van der Waals surface area contributed by atoms with E-state index in [9.17, 15) is 19.1 Å². The van der Waals surface area contributed by atoms with Gasteiger partial charge in [0.1, 0.15) is 18.6 Å². The summed E-state index contributed by atoms with van der Waals surface area (Å²) in [6.07, 6.45) is 4.70. The summed E-state index contributed by atoms with van der Waals surface area (Å²) in [6.45, 7) is 1.55. The van der Waals surface area contributed by atoms with Crippen LogP contribution in [0.4, 0.5) is 8.78 Å². The van der Waals surface area contributed by atoms with Crippen molar-refractivity contribution in [3.05, 3.63) is 0 Å². The molecule has 0 aromatic carbocycles. The van der Waals surface area contributed by atoms with Crippen LogP contribution in [0.2, 0.25) is 0 Å². The topological polar surface area (TPSA) is 71.0 Å².